The number of aromatic nitrogens is 2. The number of benzene rings is 1. The second kappa shape index (κ2) is 8.65. The van der Waals surface area contributed by atoms with Crippen molar-refractivity contribution in [2.24, 2.45) is 5.73 Å². The number of nitrogens with two attached hydrogens (primary N) is 1. The quantitative estimate of drug-likeness (QED) is 0.766. The Bertz CT molecular complexity index is 951. The van der Waals surface area contributed by atoms with E-state index in [2.05, 4.69) is 14.9 Å². The first kappa shape index (κ1) is 21.3. The molecular weight excluding hydrogens is 428 g/mol. The zero-order chi connectivity index (χ0) is 21.4. The van der Waals surface area contributed by atoms with Gasteiger partial charge in [-0.25, -0.2) is 14.4 Å². The minimum Gasteiger partial charge on any atom is -0.353 e. The molecule has 1 aromatic heterocycles. The lowest BCUT2D eigenvalue weighted by molar-refractivity contribution is -0.132. The fraction of sp³-hybridized carbons (Fsp3) is 0.476. The van der Waals surface area contributed by atoms with E-state index in [4.69, 9.17) is 28.9 Å². The van der Waals surface area contributed by atoms with E-state index in [1.54, 1.807) is 18.2 Å². The number of anilines is 1. The summed E-state index contributed by atoms with van der Waals surface area (Å²) in [6, 6.07) is 5.18. The summed E-state index contributed by atoms with van der Waals surface area (Å²) >= 11 is 12.1. The Hall–Kier alpha value is -1.96. The van der Waals surface area contributed by atoms with E-state index in [9.17, 15) is 9.18 Å². The summed E-state index contributed by atoms with van der Waals surface area (Å²) in [5.41, 5.74) is 8.09. The Kier molecular flexibility index (Phi) is 6.14. The summed E-state index contributed by atoms with van der Waals surface area (Å²) in [4.78, 5) is 25.7. The number of piperazine rings is 1. The van der Waals surface area contributed by atoms with Crippen molar-refractivity contribution >= 4 is 34.9 Å². The molecule has 1 aromatic carbocycles. The first-order chi connectivity index (χ1) is 14.4. The minimum atomic E-state index is -1.03. The molecule has 2 aliphatic rings. The maximum atomic E-state index is 14.2. The molecule has 0 saturated carbocycles. The van der Waals surface area contributed by atoms with Crippen LogP contribution in [0.3, 0.4) is 0 Å². The normalized spacial score (nSPS) is 22.2. The van der Waals surface area contributed by atoms with Crippen molar-refractivity contribution in [3.63, 3.8) is 0 Å². The van der Waals surface area contributed by atoms with E-state index in [1.807, 2.05) is 11.8 Å². The van der Waals surface area contributed by atoms with Gasteiger partial charge in [-0.1, -0.05) is 36.2 Å². The number of nitrogens with zero attached hydrogens (tertiary/aromatic N) is 4. The number of fused-ring (bicyclic) bond motifs is 1. The monoisotopic (exact) mass is 451 g/mol. The van der Waals surface area contributed by atoms with Crippen LogP contribution in [-0.2, 0) is 4.79 Å². The lowest BCUT2D eigenvalue weighted by Crippen LogP contribution is -2.51. The van der Waals surface area contributed by atoms with Crippen LogP contribution < -0.4 is 10.6 Å². The number of carbonyl (C=O) groups excluding carboxylic acids is 1. The lowest BCUT2D eigenvalue weighted by atomic mass is 9.97. The molecule has 1 saturated heterocycles. The summed E-state index contributed by atoms with van der Waals surface area (Å²) in [6.07, 6.45) is 0.850. The second-order valence-electron chi connectivity index (χ2n) is 7.87. The third kappa shape index (κ3) is 3.86. The molecule has 3 atom stereocenters. The molecular formula is C21H24Cl2FN5O. The van der Waals surface area contributed by atoms with Gasteiger partial charge >= 0.3 is 0 Å². The third-order valence-corrected chi connectivity index (χ3v) is 6.75. The zero-order valence-corrected chi connectivity index (χ0v) is 18.2. The molecule has 6 nitrogen and oxygen atoms in total. The van der Waals surface area contributed by atoms with Crippen LogP contribution >= 0.6 is 23.2 Å². The Morgan fingerprint density at radius 1 is 1.23 bits per heavy atom. The third-order valence-electron chi connectivity index (χ3n) is 6.01. The van der Waals surface area contributed by atoms with Crippen molar-refractivity contribution in [3.05, 3.63) is 51.4 Å². The predicted molar refractivity (Wildman–Crippen MR) is 116 cm³/mol. The molecule has 30 heavy (non-hydrogen) atoms. The largest absolute Gasteiger partial charge is 0.353 e. The standard InChI is InChI=1S/C21H24Cl2FN5O/c1-12-8-17(24)19-18(12)20(27-11-26-19)28-4-6-29(7-5-28)21(30)14(10-25)13-2-3-15(22)16(23)9-13/h2-3,9,11-12,14,17H,4-8,10,25H2,1H3/t12-,14-,17+/m1/s1. The molecule has 0 unspecified atom stereocenters. The van der Waals surface area contributed by atoms with Gasteiger partial charge in [0.1, 0.15) is 18.3 Å². The van der Waals surface area contributed by atoms with E-state index in [1.165, 1.54) is 6.33 Å². The van der Waals surface area contributed by atoms with Crippen molar-refractivity contribution < 1.29 is 9.18 Å². The molecule has 4 rings (SSSR count). The molecule has 0 bridgehead atoms. The minimum absolute atomic E-state index is 0.0272. The van der Waals surface area contributed by atoms with Gasteiger partial charge in [-0.2, -0.15) is 0 Å². The van der Waals surface area contributed by atoms with Crippen LogP contribution in [-0.4, -0.2) is 53.5 Å². The van der Waals surface area contributed by atoms with E-state index < -0.39 is 12.1 Å². The van der Waals surface area contributed by atoms with Gasteiger partial charge in [-0.05, 0) is 30.0 Å². The molecule has 1 aliphatic heterocycles. The maximum Gasteiger partial charge on any atom is 0.231 e. The Labute approximate surface area is 185 Å². The summed E-state index contributed by atoms with van der Waals surface area (Å²) in [6.45, 7) is 4.53. The Morgan fingerprint density at radius 2 is 1.97 bits per heavy atom. The van der Waals surface area contributed by atoms with Crippen LogP contribution in [0.1, 0.15) is 48.2 Å². The number of hydrogen-bond acceptors (Lipinski definition) is 5. The second-order valence-corrected chi connectivity index (χ2v) is 8.69. The van der Waals surface area contributed by atoms with Crippen LogP contribution in [0.25, 0.3) is 0 Å². The number of amides is 1. The van der Waals surface area contributed by atoms with Gasteiger partial charge in [-0.15, -0.1) is 0 Å². The molecule has 1 fully saturated rings. The van der Waals surface area contributed by atoms with E-state index >= 15 is 0 Å². The fourth-order valence-corrected chi connectivity index (χ4v) is 4.69. The van der Waals surface area contributed by atoms with Crippen LogP contribution in [0, 0.1) is 0 Å². The molecule has 2 aromatic rings. The van der Waals surface area contributed by atoms with E-state index in [0.717, 1.165) is 16.9 Å². The van der Waals surface area contributed by atoms with Gasteiger partial charge in [0.15, 0.2) is 0 Å². The van der Waals surface area contributed by atoms with Gasteiger partial charge in [0.2, 0.25) is 5.91 Å². The number of hydrogen-bond donors (Lipinski definition) is 1. The van der Waals surface area contributed by atoms with Gasteiger partial charge in [-0.3, -0.25) is 4.79 Å². The van der Waals surface area contributed by atoms with Gasteiger partial charge in [0, 0.05) is 38.3 Å². The van der Waals surface area contributed by atoms with Gasteiger partial charge in [0.25, 0.3) is 0 Å². The highest BCUT2D eigenvalue weighted by molar-refractivity contribution is 6.42. The average molecular weight is 452 g/mol. The number of halogens is 3. The van der Waals surface area contributed by atoms with Crippen molar-refractivity contribution in [2.45, 2.75) is 31.4 Å². The number of carbonyl (C=O) groups is 1. The van der Waals surface area contributed by atoms with Crippen molar-refractivity contribution in [2.75, 3.05) is 37.6 Å². The zero-order valence-electron chi connectivity index (χ0n) is 16.7. The Balaban J connectivity index is 1.47. The van der Waals surface area contributed by atoms with Crippen LogP contribution in [0.15, 0.2) is 24.5 Å². The first-order valence-corrected chi connectivity index (χ1v) is 10.8. The van der Waals surface area contributed by atoms with Crippen molar-refractivity contribution in [1.29, 1.82) is 0 Å². The van der Waals surface area contributed by atoms with E-state index in [0.29, 0.717) is 48.3 Å². The molecule has 9 heteroatoms. The molecule has 0 radical (unpaired) electrons. The van der Waals surface area contributed by atoms with Gasteiger partial charge in [0.05, 0.1) is 21.7 Å². The highest BCUT2D eigenvalue weighted by Gasteiger charge is 2.35. The predicted octanol–water partition coefficient (Wildman–Crippen LogP) is 3.69. The van der Waals surface area contributed by atoms with Gasteiger partial charge < -0.3 is 15.5 Å². The van der Waals surface area contributed by atoms with Crippen LogP contribution in [0.2, 0.25) is 10.0 Å². The average Bonchev–Trinajstić information content (AvgIpc) is 3.05. The highest BCUT2D eigenvalue weighted by Crippen LogP contribution is 2.44. The topological polar surface area (TPSA) is 75.4 Å². The summed E-state index contributed by atoms with van der Waals surface area (Å²) in [5, 5.41) is 0.850. The first-order valence-electron chi connectivity index (χ1n) is 10.1. The maximum absolute atomic E-state index is 14.2. The summed E-state index contributed by atoms with van der Waals surface area (Å²) in [5.74, 6) is 0.379. The molecule has 2 heterocycles. The summed E-state index contributed by atoms with van der Waals surface area (Å²) < 4.78 is 14.2. The van der Waals surface area contributed by atoms with Crippen molar-refractivity contribution in [1.82, 2.24) is 14.9 Å². The van der Waals surface area contributed by atoms with E-state index in [-0.39, 0.29) is 18.4 Å². The lowest BCUT2D eigenvalue weighted by Gasteiger charge is -2.37. The number of rotatable bonds is 4. The van der Waals surface area contributed by atoms with Crippen LogP contribution in [0.4, 0.5) is 10.2 Å². The number of alkyl halides is 1. The SMILES string of the molecule is C[C@@H]1C[C@H](F)c2ncnc(N3CCN(C(=O)[C@H](CN)c4ccc(Cl)c(Cl)c4)CC3)c21. The smallest absolute Gasteiger partial charge is 0.231 e. The molecule has 160 valence electrons. The van der Waals surface area contributed by atoms with Crippen LogP contribution in [0.5, 0.6) is 0 Å². The highest BCUT2D eigenvalue weighted by atomic mass is 35.5. The molecule has 1 aliphatic carbocycles. The molecule has 1 amide bonds. The molecule has 0 spiro atoms. The van der Waals surface area contributed by atoms with Crippen molar-refractivity contribution in [3.8, 4) is 0 Å². The Morgan fingerprint density at radius 3 is 2.63 bits per heavy atom. The fourth-order valence-electron chi connectivity index (χ4n) is 4.38. The summed E-state index contributed by atoms with van der Waals surface area (Å²) in [7, 11) is 0. The molecule has 2 N–H and O–H groups in total.